The Balaban J connectivity index is 1.92. The first-order chi connectivity index (χ1) is 12.4. The van der Waals surface area contributed by atoms with Gasteiger partial charge >= 0.3 is 5.97 Å². The minimum atomic E-state index is -1.27. The van der Waals surface area contributed by atoms with E-state index in [9.17, 15) is 19.2 Å². The largest absolute Gasteiger partial charge is 0.480 e. The number of hydrogen-bond acceptors (Lipinski definition) is 4. The van der Waals surface area contributed by atoms with Crippen molar-refractivity contribution in [3.63, 3.8) is 0 Å². The van der Waals surface area contributed by atoms with Gasteiger partial charge in [0.05, 0.1) is 6.42 Å². The van der Waals surface area contributed by atoms with E-state index in [1.54, 1.807) is 0 Å². The highest BCUT2D eigenvalue weighted by Crippen LogP contribution is 2.08. The lowest BCUT2D eigenvalue weighted by atomic mass is 10.0. The number of carboxylic acids is 1. The van der Waals surface area contributed by atoms with Gasteiger partial charge < -0.3 is 21.1 Å². The molecule has 136 valence electrons. The molecular weight excluding hydrogens is 338 g/mol. The minimum absolute atomic E-state index is 0.177. The van der Waals surface area contributed by atoms with Gasteiger partial charge in [0.25, 0.3) is 0 Å². The van der Waals surface area contributed by atoms with Crippen LogP contribution >= 0.6 is 0 Å². The van der Waals surface area contributed by atoms with Gasteiger partial charge in [-0.3, -0.25) is 14.4 Å². The molecule has 1 aromatic rings. The van der Waals surface area contributed by atoms with Crippen molar-refractivity contribution in [2.75, 3.05) is 0 Å². The van der Waals surface area contributed by atoms with E-state index in [0.717, 1.165) is 5.56 Å². The number of amides is 3. The Morgan fingerprint density at radius 1 is 1.15 bits per heavy atom. The fourth-order valence-electron chi connectivity index (χ4n) is 2.57. The number of aliphatic carboxylic acids is 1. The van der Waals surface area contributed by atoms with Crippen molar-refractivity contribution in [2.24, 2.45) is 0 Å². The highest BCUT2D eigenvalue weighted by atomic mass is 16.4. The fraction of sp³-hybridized carbons (Fsp3) is 0.333. The second-order valence-corrected chi connectivity index (χ2v) is 5.88. The van der Waals surface area contributed by atoms with E-state index in [1.165, 1.54) is 0 Å². The maximum absolute atomic E-state index is 12.2. The van der Waals surface area contributed by atoms with Crippen LogP contribution in [0.3, 0.4) is 0 Å². The normalized spacial score (nSPS) is 20.3. The summed E-state index contributed by atoms with van der Waals surface area (Å²) in [5, 5.41) is 16.3. The number of carboxylic acid groups (broad SMARTS) is 1. The summed E-state index contributed by atoms with van der Waals surface area (Å²) in [5.74, 6) is -0.689. The molecule has 0 spiro atoms. The van der Waals surface area contributed by atoms with Crippen molar-refractivity contribution < 1.29 is 24.3 Å². The van der Waals surface area contributed by atoms with Crippen LogP contribution in [0.15, 0.2) is 30.3 Å². The molecule has 1 saturated heterocycles. The van der Waals surface area contributed by atoms with Gasteiger partial charge in [0.2, 0.25) is 17.7 Å². The Morgan fingerprint density at radius 3 is 2.38 bits per heavy atom. The predicted octanol–water partition coefficient (Wildman–Crippen LogP) is -0.805. The van der Waals surface area contributed by atoms with Gasteiger partial charge in [0.1, 0.15) is 18.1 Å². The SMILES string of the molecule is C#CC[C@@H](NC(=O)C[C@@H]1NC(=O)[C@H](Cc2ccccc2)NC1=O)C(=O)O. The topological polar surface area (TPSA) is 125 Å². The third-order valence-electron chi connectivity index (χ3n) is 3.89. The monoisotopic (exact) mass is 357 g/mol. The molecule has 26 heavy (non-hydrogen) atoms. The molecule has 1 aliphatic heterocycles. The molecule has 0 bridgehead atoms. The Labute approximate surface area is 150 Å². The number of rotatable bonds is 7. The van der Waals surface area contributed by atoms with Gasteiger partial charge in [-0.05, 0) is 5.56 Å². The summed E-state index contributed by atoms with van der Waals surface area (Å²) in [6, 6.07) is 6.18. The lowest BCUT2D eigenvalue weighted by Gasteiger charge is -2.29. The number of carbonyl (C=O) groups excluding carboxylic acids is 3. The number of nitrogens with one attached hydrogen (secondary N) is 3. The van der Waals surface area contributed by atoms with Crippen LogP contribution < -0.4 is 16.0 Å². The first-order valence-electron chi connectivity index (χ1n) is 8.01. The summed E-state index contributed by atoms with van der Waals surface area (Å²) in [6.45, 7) is 0. The zero-order chi connectivity index (χ0) is 19.1. The Kier molecular flexibility index (Phi) is 6.33. The first-order valence-corrected chi connectivity index (χ1v) is 8.01. The lowest BCUT2D eigenvalue weighted by Crippen LogP contribution is -2.63. The highest BCUT2D eigenvalue weighted by molar-refractivity contribution is 5.99. The van der Waals surface area contributed by atoms with Crippen molar-refractivity contribution in [3.05, 3.63) is 35.9 Å². The summed E-state index contributed by atoms with van der Waals surface area (Å²) in [6.07, 6.45) is 4.85. The summed E-state index contributed by atoms with van der Waals surface area (Å²) in [5.41, 5.74) is 0.891. The molecule has 3 amide bonds. The molecule has 2 rings (SSSR count). The molecule has 1 aromatic carbocycles. The van der Waals surface area contributed by atoms with Crippen LogP contribution in [0.1, 0.15) is 18.4 Å². The van der Waals surface area contributed by atoms with Crippen molar-refractivity contribution in [3.8, 4) is 12.3 Å². The average molecular weight is 357 g/mol. The number of hydrogen-bond donors (Lipinski definition) is 4. The summed E-state index contributed by atoms with van der Waals surface area (Å²) in [4.78, 5) is 47.3. The maximum Gasteiger partial charge on any atom is 0.327 e. The Bertz CT molecular complexity index is 741. The third kappa shape index (κ3) is 5.08. The minimum Gasteiger partial charge on any atom is -0.480 e. The quantitative estimate of drug-likeness (QED) is 0.475. The van der Waals surface area contributed by atoms with Crippen LogP contribution in [-0.2, 0) is 25.6 Å². The van der Waals surface area contributed by atoms with E-state index in [-0.39, 0.29) is 12.8 Å². The molecule has 1 fully saturated rings. The van der Waals surface area contributed by atoms with Crippen LogP contribution in [0.25, 0.3) is 0 Å². The fourth-order valence-corrected chi connectivity index (χ4v) is 2.57. The molecule has 8 nitrogen and oxygen atoms in total. The summed E-state index contributed by atoms with van der Waals surface area (Å²) >= 11 is 0. The van der Waals surface area contributed by atoms with Crippen molar-refractivity contribution >= 4 is 23.7 Å². The second kappa shape index (κ2) is 8.67. The molecule has 4 N–H and O–H groups in total. The molecule has 0 radical (unpaired) electrons. The molecule has 0 aromatic heterocycles. The smallest absolute Gasteiger partial charge is 0.327 e. The molecule has 1 heterocycles. The number of carbonyl (C=O) groups is 4. The van der Waals surface area contributed by atoms with E-state index >= 15 is 0 Å². The van der Waals surface area contributed by atoms with E-state index < -0.39 is 41.8 Å². The molecule has 0 unspecified atom stereocenters. The molecule has 3 atom stereocenters. The number of terminal acetylenes is 1. The van der Waals surface area contributed by atoms with E-state index in [2.05, 4.69) is 21.9 Å². The van der Waals surface area contributed by atoms with Gasteiger partial charge in [-0.2, -0.15) is 0 Å². The van der Waals surface area contributed by atoms with Crippen LogP contribution in [-0.4, -0.2) is 46.9 Å². The maximum atomic E-state index is 12.2. The zero-order valence-electron chi connectivity index (χ0n) is 13.9. The standard InChI is InChI=1S/C18H19N3O5/c1-2-6-12(18(25)26)19-15(22)10-14-17(24)20-13(16(23)21-14)9-11-7-4-3-5-8-11/h1,3-5,7-8,12-14H,6,9-10H2,(H,19,22)(H,20,24)(H,21,23)(H,25,26)/t12-,13+,14+/m1/s1. The van der Waals surface area contributed by atoms with Gasteiger partial charge in [0.15, 0.2) is 0 Å². The number of benzene rings is 1. The van der Waals surface area contributed by atoms with Crippen molar-refractivity contribution in [1.82, 2.24) is 16.0 Å². The lowest BCUT2D eigenvalue weighted by molar-refractivity contribution is -0.142. The van der Waals surface area contributed by atoms with Crippen molar-refractivity contribution in [1.29, 1.82) is 0 Å². The molecule has 0 saturated carbocycles. The molecular formula is C18H19N3O5. The van der Waals surface area contributed by atoms with Gasteiger partial charge in [-0.15, -0.1) is 12.3 Å². The van der Waals surface area contributed by atoms with Crippen molar-refractivity contribution in [2.45, 2.75) is 37.4 Å². The van der Waals surface area contributed by atoms with Gasteiger partial charge in [-0.25, -0.2) is 4.79 Å². The molecule has 0 aliphatic carbocycles. The van der Waals surface area contributed by atoms with E-state index in [4.69, 9.17) is 11.5 Å². The Hall–Kier alpha value is -3.34. The van der Waals surface area contributed by atoms with Gasteiger partial charge in [0, 0.05) is 12.8 Å². The number of piperazine rings is 1. The van der Waals surface area contributed by atoms with Crippen LogP contribution in [0.5, 0.6) is 0 Å². The zero-order valence-corrected chi connectivity index (χ0v) is 13.9. The Morgan fingerprint density at radius 2 is 1.77 bits per heavy atom. The van der Waals surface area contributed by atoms with Crippen LogP contribution in [0.4, 0.5) is 0 Å². The molecule has 8 heteroatoms. The summed E-state index contributed by atoms with van der Waals surface area (Å²) in [7, 11) is 0. The van der Waals surface area contributed by atoms with E-state index in [0.29, 0.717) is 6.42 Å². The van der Waals surface area contributed by atoms with E-state index in [1.807, 2.05) is 30.3 Å². The second-order valence-electron chi connectivity index (χ2n) is 5.88. The highest BCUT2D eigenvalue weighted by Gasteiger charge is 2.35. The third-order valence-corrected chi connectivity index (χ3v) is 3.89. The summed E-state index contributed by atoms with van der Waals surface area (Å²) < 4.78 is 0. The molecule has 1 aliphatic rings. The van der Waals surface area contributed by atoms with Crippen LogP contribution in [0, 0.1) is 12.3 Å². The first kappa shape index (κ1) is 19.0. The average Bonchev–Trinajstić information content (AvgIpc) is 2.59. The van der Waals surface area contributed by atoms with Crippen LogP contribution in [0.2, 0.25) is 0 Å². The van der Waals surface area contributed by atoms with Gasteiger partial charge in [-0.1, -0.05) is 30.3 Å². The predicted molar refractivity (Wildman–Crippen MR) is 91.6 cm³/mol.